The number of methoxy groups -OCH3 is 1. The lowest BCUT2D eigenvalue weighted by Gasteiger charge is -2.08. The van der Waals surface area contributed by atoms with Crippen molar-refractivity contribution < 1.29 is 19.1 Å². The predicted octanol–water partition coefficient (Wildman–Crippen LogP) is 1.40. The average Bonchev–Trinajstić information content (AvgIpc) is 2.28. The molecule has 1 aromatic rings. The second-order valence-electron chi connectivity index (χ2n) is 2.98. The summed E-state index contributed by atoms with van der Waals surface area (Å²) in [5.74, 6) is -1.71. The van der Waals surface area contributed by atoms with Crippen molar-refractivity contribution in [3.8, 4) is 5.75 Å². The van der Waals surface area contributed by atoms with Gasteiger partial charge in [0.25, 0.3) is 0 Å². The quantitative estimate of drug-likeness (QED) is 0.428. The van der Waals surface area contributed by atoms with Gasteiger partial charge in [-0.2, -0.15) is 0 Å². The molecule has 0 radical (unpaired) electrons. The van der Waals surface area contributed by atoms with Crippen molar-refractivity contribution in [1.29, 1.82) is 0 Å². The molecule has 1 rings (SSSR count). The zero-order valence-corrected chi connectivity index (χ0v) is 8.60. The van der Waals surface area contributed by atoms with E-state index in [0.29, 0.717) is 5.75 Å². The Balaban J connectivity index is 2.60. The number of hydrogen-bond acceptors (Lipinski definition) is 4. The van der Waals surface area contributed by atoms with E-state index in [9.17, 15) is 9.59 Å². The maximum Gasteiger partial charge on any atom is 0.325 e. The Hall–Kier alpha value is -1.84. The molecule has 15 heavy (non-hydrogen) atoms. The van der Waals surface area contributed by atoms with E-state index in [1.54, 1.807) is 30.3 Å². The van der Waals surface area contributed by atoms with Crippen LogP contribution in [0.25, 0.3) is 0 Å². The molecule has 0 saturated carbocycles. The topological polar surface area (TPSA) is 52.6 Å². The van der Waals surface area contributed by atoms with E-state index in [2.05, 4.69) is 4.74 Å². The normalized spacial score (nSPS) is 11.6. The fraction of sp³-hybridized carbons (Fsp3) is 0.273. The zero-order chi connectivity index (χ0) is 11.3. The summed E-state index contributed by atoms with van der Waals surface area (Å²) < 4.78 is 9.39. The number of ether oxygens (including phenoxy) is 2. The molecule has 4 heteroatoms. The summed E-state index contributed by atoms with van der Waals surface area (Å²) in [5.41, 5.74) is 0. The highest BCUT2D eigenvalue weighted by atomic mass is 16.6. The predicted molar refractivity (Wildman–Crippen MR) is 53.3 cm³/mol. The Morgan fingerprint density at radius 1 is 1.13 bits per heavy atom. The highest BCUT2D eigenvalue weighted by Crippen LogP contribution is 2.11. The smallest absolute Gasteiger partial charge is 0.325 e. The lowest BCUT2D eigenvalue weighted by atomic mass is 10.2. The highest BCUT2D eigenvalue weighted by Gasteiger charge is 2.24. The lowest BCUT2D eigenvalue weighted by Crippen LogP contribution is -2.26. The molecular formula is C11H12O4. The molecule has 0 bridgehead atoms. The van der Waals surface area contributed by atoms with Gasteiger partial charge in [-0.05, 0) is 19.1 Å². The van der Waals surface area contributed by atoms with Crippen LogP contribution in [0, 0.1) is 5.92 Å². The van der Waals surface area contributed by atoms with Gasteiger partial charge < -0.3 is 9.47 Å². The summed E-state index contributed by atoms with van der Waals surface area (Å²) in [4.78, 5) is 22.4. The monoisotopic (exact) mass is 208 g/mol. The van der Waals surface area contributed by atoms with E-state index in [-0.39, 0.29) is 0 Å². The molecule has 0 aliphatic carbocycles. The minimum absolute atomic E-state index is 0.415. The first kappa shape index (κ1) is 11.2. The number of hydrogen-bond donors (Lipinski definition) is 0. The van der Waals surface area contributed by atoms with Crippen LogP contribution in [0.2, 0.25) is 0 Å². The van der Waals surface area contributed by atoms with E-state index in [0.717, 1.165) is 0 Å². The van der Waals surface area contributed by atoms with Crippen LogP contribution in [0.4, 0.5) is 0 Å². The molecule has 4 nitrogen and oxygen atoms in total. The number of rotatable bonds is 3. The van der Waals surface area contributed by atoms with Crippen molar-refractivity contribution >= 4 is 11.9 Å². The summed E-state index contributed by atoms with van der Waals surface area (Å²) in [6, 6.07) is 8.57. The van der Waals surface area contributed by atoms with Gasteiger partial charge in [-0.15, -0.1) is 0 Å². The minimum atomic E-state index is -0.907. The molecule has 0 aromatic heterocycles. The summed E-state index contributed by atoms with van der Waals surface area (Å²) in [5, 5.41) is 0. The van der Waals surface area contributed by atoms with E-state index in [1.807, 2.05) is 0 Å². The standard InChI is InChI=1S/C11H12O4/c1-8(10(12)14-2)11(13)15-9-6-4-3-5-7-9/h3-8H,1-2H3. The highest BCUT2D eigenvalue weighted by molar-refractivity contribution is 5.95. The van der Waals surface area contributed by atoms with Gasteiger partial charge in [0, 0.05) is 0 Å². The number of benzene rings is 1. The molecule has 0 aliphatic heterocycles. The second kappa shape index (κ2) is 5.14. The fourth-order valence-corrected chi connectivity index (χ4v) is 0.966. The third-order valence-corrected chi connectivity index (χ3v) is 1.87. The van der Waals surface area contributed by atoms with Gasteiger partial charge in [0.2, 0.25) is 0 Å². The van der Waals surface area contributed by atoms with Gasteiger partial charge in [0.1, 0.15) is 5.75 Å². The van der Waals surface area contributed by atoms with Crippen molar-refractivity contribution in [3.05, 3.63) is 30.3 Å². The summed E-state index contributed by atoms with van der Waals surface area (Å²) in [6.07, 6.45) is 0. The van der Waals surface area contributed by atoms with Crippen LogP contribution >= 0.6 is 0 Å². The third kappa shape index (κ3) is 3.09. The molecule has 1 aromatic carbocycles. The SMILES string of the molecule is COC(=O)C(C)C(=O)Oc1ccccc1. The van der Waals surface area contributed by atoms with Crippen molar-refractivity contribution in [1.82, 2.24) is 0 Å². The second-order valence-corrected chi connectivity index (χ2v) is 2.98. The van der Waals surface area contributed by atoms with Gasteiger partial charge in [0.15, 0.2) is 5.92 Å². The van der Waals surface area contributed by atoms with Crippen molar-refractivity contribution in [2.75, 3.05) is 7.11 Å². The molecule has 1 atom stereocenters. The van der Waals surface area contributed by atoms with Gasteiger partial charge in [-0.25, -0.2) is 0 Å². The Morgan fingerprint density at radius 2 is 1.73 bits per heavy atom. The van der Waals surface area contributed by atoms with Crippen LogP contribution in [-0.4, -0.2) is 19.0 Å². The van der Waals surface area contributed by atoms with E-state index < -0.39 is 17.9 Å². The molecule has 0 aliphatic rings. The number of carbonyl (C=O) groups excluding carboxylic acids is 2. The first-order chi connectivity index (χ1) is 7.15. The van der Waals surface area contributed by atoms with Crippen LogP contribution in [0.1, 0.15) is 6.92 Å². The molecule has 0 saturated heterocycles. The molecule has 0 fully saturated rings. The van der Waals surface area contributed by atoms with Crippen LogP contribution < -0.4 is 4.74 Å². The van der Waals surface area contributed by atoms with Gasteiger partial charge in [-0.3, -0.25) is 9.59 Å². The average molecular weight is 208 g/mol. The Kier molecular flexibility index (Phi) is 3.85. The molecule has 80 valence electrons. The summed E-state index contributed by atoms with van der Waals surface area (Å²) >= 11 is 0. The van der Waals surface area contributed by atoms with Crippen molar-refractivity contribution in [2.45, 2.75) is 6.92 Å². The van der Waals surface area contributed by atoms with E-state index >= 15 is 0 Å². The molecule has 0 amide bonds. The van der Waals surface area contributed by atoms with Gasteiger partial charge >= 0.3 is 11.9 Å². The molecule has 0 heterocycles. The number of carbonyl (C=O) groups is 2. The van der Waals surface area contributed by atoms with Crippen LogP contribution in [0.5, 0.6) is 5.75 Å². The van der Waals surface area contributed by atoms with Crippen LogP contribution in [0.3, 0.4) is 0 Å². The number of esters is 2. The summed E-state index contributed by atoms with van der Waals surface area (Å²) in [6.45, 7) is 1.44. The Morgan fingerprint density at radius 3 is 2.27 bits per heavy atom. The first-order valence-electron chi connectivity index (χ1n) is 4.49. The summed E-state index contributed by atoms with van der Waals surface area (Å²) in [7, 11) is 1.23. The minimum Gasteiger partial charge on any atom is -0.468 e. The van der Waals surface area contributed by atoms with E-state index in [4.69, 9.17) is 4.74 Å². The molecule has 0 spiro atoms. The zero-order valence-electron chi connectivity index (χ0n) is 8.60. The van der Waals surface area contributed by atoms with Crippen LogP contribution in [0.15, 0.2) is 30.3 Å². The lowest BCUT2D eigenvalue weighted by molar-refractivity contribution is -0.154. The Bertz CT molecular complexity index is 345. The van der Waals surface area contributed by atoms with Crippen molar-refractivity contribution in [2.24, 2.45) is 5.92 Å². The fourth-order valence-electron chi connectivity index (χ4n) is 0.966. The largest absolute Gasteiger partial charge is 0.468 e. The van der Waals surface area contributed by atoms with Crippen LogP contribution in [-0.2, 0) is 14.3 Å². The van der Waals surface area contributed by atoms with Gasteiger partial charge in [-0.1, -0.05) is 18.2 Å². The van der Waals surface area contributed by atoms with E-state index in [1.165, 1.54) is 14.0 Å². The number of para-hydroxylation sites is 1. The Labute approximate surface area is 87.8 Å². The maximum atomic E-state index is 11.4. The maximum absolute atomic E-state index is 11.4. The molecule has 0 N–H and O–H groups in total. The molecule has 1 unspecified atom stereocenters. The first-order valence-corrected chi connectivity index (χ1v) is 4.49. The molecular weight excluding hydrogens is 196 g/mol. The van der Waals surface area contributed by atoms with Gasteiger partial charge in [0.05, 0.1) is 7.11 Å². The van der Waals surface area contributed by atoms with Crippen molar-refractivity contribution in [3.63, 3.8) is 0 Å². The third-order valence-electron chi connectivity index (χ3n) is 1.87.